The summed E-state index contributed by atoms with van der Waals surface area (Å²) in [4.78, 5) is 4.24. The number of aryl methyl sites for hydroxylation is 1. The van der Waals surface area contributed by atoms with Crippen molar-refractivity contribution < 1.29 is 4.74 Å². The lowest BCUT2D eigenvalue weighted by Gasteiger charge is -2.08. The van der Waals surface area contributed by atoms with Gasteiger partial charge in [-0.1, -0.05) is 12.1 Å². The second-order valence-electron chi connectivity index (χ2n) is 4.45. The standard InChI is InChI=1S/C15H19N3O/c1-11-9-15(18-10-14(11)16)17-8-7-12-3-5-13(19-2)6-4-12/h3-6,9-10H,7-8,16H2,1-2H3,(H,17,18). The first-order valence-corrected chi connectivity index (χ1v) is 6.28. The summed E-state index contributed by atoms with van der Waals surface area (Å²) in [5.74, 6) is 1.74. The lowest BCUT2D eigenvalue weighted by atomic mass is 10.1. The minimum absolute atomic E-state index is 0.723. The summed E-state index contributed by atoms with van der Waals surface area (Å²) in [5, 5.41) is 3.29. The monoisotopic (exact) mass is 257 g/mol. The van der Waals surface area contributed by atoms with E-state index >= 15 is 0 Å². The molecule has 4 nitrogen and oxygen atoms in total. The SMILES string of the molecule is COc1ccc(CCNc2cc(C)c(N)cn2)cc1. The maximum atomic E-state index is 5.73. The van der Waals surface area contributed by atoms with Crippen LogP contribution in [0.3, 0.4) is 0 Å². The van der Waals surface area contributed by atoms with Gasteiger partial charge in [0.05, 0.1) is 19.0 Å². The Labute approximate surface area is 113 Å². The normalized spacial score (nSPS) is 10.2. The number of benzene rings is 1. The number of pyridine rings is 1. The third kappa shape index (κ3) is 3.61. The van der Waals surface area contributed by atoms with E-state index in [1.54, 1.807) is 13.3 Å². The van der Waals surface area contributed by atoms with Crippen molar-refractivity contribution in [3.8, 4) is 5.75 Å². The number of anilines is 2. The van der Waals surface area contributed by atoms with Gasteiger partial charge in [0.1, 0.15) is 11.6 Å². The van der Waals surface area contributed by atoms with Gasteiger partial charge in [-0.25, -0.2) is 4.98 Å². The number of ether oxygens (including phenoxy) is 1. The maximum absolute atomic E-state index is 5.73. The molecule has 2 rings (SSSR count). The molecule has 0 fully saturated rings. The molecule has 3 N–H and O–H groups in total. The average molecular weight is 257 g/mol. The Kier molecular flexibility index (Phi) is 4.23. The molecule has 0 aliphatic rings. The van der Waals surface area contributed by atoms with Crippen LogP contribution in [-0.2, 0) is 6.42 Å². The van der Waals surface area contributed by atoms with Gasteiger partial charge in [0, 0.05) is 6.54 Å². The third-order valence-corrected chi connectivity index (χ3v) is 3.03. The molecule has 0 aliphatic carbocycles. The zero-order valence-corrected chi connectivity index (χ0v) is 11.3. The number of hydrogen-bond donors (Lipinski definition) is 2. The van der Waals surface area contributed by atoms with Gasteiger partial charge >= 0.3 is 0 Å². The van der Waals surface area contributed by atoms with Crippen LogP contribution in [0.2, 0.25) is 0 Å². The number of methoxy groups -OCH3 is 1. The first-order valence-electron chi connectivity index (χ1n) is 6.28. The quantitative estimate of drug-likeness (QED) is 0.864. The van der Waals surface area contributed by atoms with E-state index in [4.69, 9.17) is 10.5 Å². The molecule has 100 valence electrons. The van der Waals surface area contributed by atoms with E-state index in [1.165, 1.54) is 5.56 Å². The molecule has 0 radical (unpaired) electrons. The molecule has 1 aromatic carbocycles. The summed E-state index contributed by atoms with van der Waals surface area (Å²) in [6.07, 6.45) is 2.63. The molecule has 1 aromatic heterocycles. The molecule has 0 bridgehead atoms. The molecule has 0 unspecified atom stereocenters. The fourth-order valence-electron chi connectivity index (χ4n) is 1.79. The lowest BCUT2D eigenvalue weighted by molar-refractivity contribution is 0.414. The van der Waals surface area contributed by atoms with Gasteiger partial charge in [0.2, 0.25) is 0 Å². The van der Waals surface area contributed by atoms with Crippen LogP contribution in [-0.4, -0.2) is 18.6 Å². The molecule has 0 aliphatic heterocycles. The summed E-state index contributed by atoms with van der Waals surface area (Å²) in [5.41, 5.74) is 8.76. The van der Waals surface area contributed by atoms with Crippen LogP contribution < -0.4 is 15.8 Å². The number of rotatable bonds is 5. The summed E-state index contributed by atoms with van der Waals surface area (Å²) in [7, 11) is 1.67. The second kappa shape index (κ2) is 6.09. The Morgan fingerprint density at radius 3 is 2.63 bits per heavy atom. The Hall–Kier alpha value is -2.23. The Bertz CT molecular complexity index is 538. The molecule has 0 saturated carbocycles. The van der Waals surface area contributed by atoms with E-state index in [-0.39, 0.29) is 0 Å². The Balaban J connectivity index is 1.86. The van der Waals surface area contributed by atoms with Gasteiger partial charge in [-0.05, 0) is 42.7 Å². The van der Waals surface area contributed by atoms with Crippen molar-refractivity contribution in [2.24, 2.45) is 0 Å². The van der Waals surface area contributed by atoms with Crippen LogP contribution in [0.15, 0.2) is 36.5 Å². The highest BCUT2D eigenvalue weighted by Crippen LogP contribution is 2.14. The smallest absolute Gasteiger partial charge is 0.126 e. The molecular weight excluding hydrogens is 238 g/mol. The van der Waals surface area contributed by atoms with Crippen molar-refractivity contribution >= 4 is 11.5 Å². The van der Waals surface area contributed by atoms with Crippen molar-refractivity contribution in [2.45, 2.75) is 13.3 Å². The van der Waals surface area contributed by atoms with E-state index in [2.05, 4.69) is 22.4 Å². The fourth-order valence-corrected chi connectivity index (χ4v) is 1.79. The molecule has 0 atom stereocenters. The van der Waals surface area contributed by atoms with Gasteiger partial charge in [0.15, 0.2) is 0 Å². The summed E-state index contributed by atoms with van der Waals surface area (Å²) in [6.45, 7) is 2.81. The first-order chi connectivity index (χ1) is 9.19. The number of hydrogen-bond acceptors (Lipinski definition) is 4. The topological polar surface area (TPSA) is 60.2 Å². The van der Waals surface area contributed by atoms with Crippen molar-refractivity contribution in [3.63, 3.8) is 0 Å². The number of aromatic nitrogens is 1. The Morgan fingerprint density at radius 2 is 2.00 bits per heavy atom. The number of nitrogen functional groups attached to an aromatic ring is 1. The second-order valence-corrected chi connectivity index (χ2v) is 4.45. The van der Waals surface area contributed by atoms with Gasteiger partial charge in [-0.15, -0.1) is 0 Å². The van der Waals surface area contributed by atoms with E-state index in [1.807, 2.05) is 25.1 Å². The summed E-state index contributed by atoms with van der Waals surface area (Å²) in [6, 6.07) is 10.1. The highest BCUT2D eigenvalue weighted by Gasteiger charge is 1.99. The van der Waals surface area contributed by atoms with Crippen LogP contribution in [0, 0.1) is 6.92 Å². The molecule has 0 spiro atoms. The van der Waals surface area contributed by atoms with E-state index in [0.29, 0.717) is 0 Å². The fraction of sp³-hybridized carbons (Fsp3) is 0.267. The van der Waals surface area contributed by atoms with Crippen molar-refractivity contribution in [1.82, 2.24) is 4.98 Å². The zero-order valence-electron chi connectivity index (χ0n) is 11.3. The molecule has 2 aromatic rings. The Morgan fingerprint density at radius 1 is 1.26 bits per heavy atom. The van der Waals surface area contributed by atoms with Crippen molar-refractivity contribution in [2.75, 3.05) is 24.7 Å². The molecule has 0 saturated heterocycles. The molecular formula is C15H19N3O. The summed E-state index contributed by atoms with van der Waals surface area (Å²) >= 11 is 0. The van der Waals surface area contributed by atoms with Gasteiger partial charge < -0.3 is 15.8 Å². The largest absolute Gasteiger partial charge is 0.497 e. The molecule has 19 heavy (non-hydrogen) atoms. The highest BCUT2D eigenvalue weighted by molar-refractivity contribution is 5.50. The van der Waals surface area contributed by atoms with Crippen molar-refractivity contribution in [3.05, 3.63) is 47.7 Å². The van der Waals surface area contributed by atoms with Gasteiger partial charge in [-0.3, -0.25) is 0 Å². The number of nitrogens with one attached hydrogen (secondary N) is 1. The van der Waals surface area contributed by atoms with E-state index < -0.39 is 0 Å². The van der Waals surface area contributed by atoms with Gasteiger partial charge in [-0.2, -0.15) is 0 Å². The van der Waals surface area contributed by atoms with E-state index in [0.717, 1.165) is 35.8 Å². The van der Waals surface area contributed by atoms with Crippen molar-refractivity contribution in [1.29, 1.82) is 0 Å². The average Bonchev–Trinajstić information content (AvgIpc) is 2.43. The zero-order chi connectivity index (χ0) is 13.7. The highest BCUT2D eigenvalue weighted by atomic mass is 16.5. The van der Waals surface area contributed by atoms with Crippen LogP contribution in [0.4, 0.5) is 11.5 Å². The predicted molar refractivity (Wildman–Crippen MR) is 78.6 cm³/mol. The predicted octanol–water partition coefficient (Wildman–Crippen LogP) is 2.64. The molecule has 1 heterocycles. The maximum Gasteiger partial charge on any atom is 0.126 e. The number of nitrogens with zero attached hydrogens (tertiary/aromatic N) is 1. The summed E-state index contributed by atoms with van der Waals surface area (Å²) < 4.78 is 5.13. The first kappa shape index (κ1) is 13.2. The minimum Gasteiger partial charge on any atom is -0.497 e. The molecule has 4 heteroatoms. The third-order valence-electron chi connectivity index (χ3n) is 3.03. The van der Waals surface area contributed by atoms with Crippen LogP contribution in [0.25, 0.3) is 0 Å². The molecule has 0 amide bonds. The lowest BCUT2D eigenvalue weighted by Crippen LogP contribution is -2.07. The van der Waals surface area contributed by atoms with Crippen LogP contribution in [0.5, 0.6) is 5.75 Å². The van der Waals surface area contributed by atoms with E-state index in [9.17, 15) is 0 Å². The minimum atomic E-state index is 0.723. The van der Waals surface area contributed by atoms with Gasteiger partial charge in [0.25, 0.3) is 0 Å². The van der Waals surface area contributed by atoms with Crippen LogP contribution in [0.1, 0.15) is 11.1 Å². The number of nitrogens with two attached hydrogens (primary N) is 1. The van der Waals surface area contributed by atoms with Crippen LogP contribution >= 0.6 is 0 Å².